The van der Waals surface area contributed by atoms with Gasteiger partial charge >= 0.3 is 12.4 Å². The molecule has 0 radical (unpaired) electrons. The van der Waals surface area contributed by atoms with E-state index in [1.807, 2.05) is 11.9 Å². The van der Waals surface area contributed by atoms with Crippen LogP contribution in [0.1, 0.15) is 47.9 Å². The van der Waals surface area contributed by atoms with E-state index in [1.54, 1.807) is 6.08 Å². The van der Waals surface area contributed by atoms with E-state index >= 15 is 0 Å². The lowest BCUT2D eigenvalue weighted by atomic mass is 10.0. The molecule has 2 atom stereocenters. The number of hydrogen-bond acceptors (Lipinski definition) is 6. The summed E-state index contributed by atoms with van der Waals surface area (Å²) in [7, 11) is 1.86. The lowest BCUT2D eigenvalue weighted by Crippen LogP contribution is -2.20. The highest BCUT2D eigenvalue weighted by molar-refractivity contribution is 5.59. The van der Waals surface area contributed by atoms with Crippen LogP contribution >= 0.6 is 0 Å². The molecular formula is C27H27F6N3O3. The van der Waals surface area contributed by atoms with Crippen LogP contribution in [0.25, 0.3) is 11.4 Å². The number of hydrogen-bond donors (Lipinski definition) is 1. The van der Waals surface area contributed by atoms with Gasteiger partial charge in [-0.05, 0) is 81.2 Å². The maximum absolute atomic E-state index is 13.8. The lowest BCUT2D eigenvalue weighted by Gasteiger charge is -2.18. The Morgan fingerprint density at radius 1 is 1.05 bits per heavy atom. The fraction of sp³-hybridized carbons (Fsp3) is 0.407. The largest absolute Gasteiger partial charge is 0.516 e. The van der Waals surface area contributed by atoms with Gasteiger partial charge in [0.15, 0.2) is 0 Å². The molecule has 0 spiro atoms. The topological polar surface area (TPSA) is 71.6 Å². The van der Waals surface area contributed by atoms with Crippen LogP contribution in [0, 0.1) is 5.92 Å². The summed E-state index contributed by atoms with van der Waals surface area (Å²) in [4.78, 5) is 6.30. The first-order chi connectivity index (χ1) is 18.5. The van der Waals surface area contributed by atoms with Crippen LogP contribution in [0.3, 0.4) is 0 Å². The van der Waals surface area contributed by atoms with Gasteiger partial charge in [-0.1, -0.05) is 17.3 Å². The summed E-state index contributed by atoms with van der Waals surface area (Å²) in [6.07, 6.45) is -4.36. The van der Waals surface area contributed by atoms with Crippen LogP contribution in [0.2, 0.25) is 0 Å². The highest BCUT2D eigenvalue weighted by Crippen LogP contribution is 2.40. The maximum Gasteiger partial charge on any atom is 0.419 e. The molecule has 0 bridgehead atoms. The van der Waals surface area contributed by atoms with Crippen molar-refractivity contribution in [1.82, 2.24) is 15.0 Å². The Hall–Kier alpha value is -3.54. The van der Waals surface area contributed by atoms with Crippen molar-refractivity contribution < 1.29 is 40.7 Å². The average molecular weight is 556 g/mol. The van der Waals surface area contributed by atoms with E-state index in [1.165, 1.54) is 24.3 Å². The van der Waals surface area contributed by atoms with Crippen LogP contribution in [-0.2, 0) is 18.8 Å². The highest BCUT2D eigenvalue weighted by Gasteiger charge is 2.37. The predicted molar refractivity (Wildman–Crippen MR) is 130 cm³/mol. The van der Waals surface area contributed by atoms with Crippen molar-refractivity contribution in [2.75, 3.05) is 20.2 Å². The molecule has 3 aromatic rings. The van der Waals surface area contributed by atoms with Crippen LogP contribution in [0.5, 0.6) is 5.75 Å². The second kappa shape index (κ2) is 11.7. The van der Waals surface area contributed by atoms with E-state index in [0.717, 1.165) is 37.4 Å². The monoisotopic (exact) mass is 555 g/mol. The Labute approximate surface area is 220 Å². The molecule has 0 saturated carbocycles. The van der Waals surface area contributed by atoms with Gasteiger partial charge in [0.25, 0.3) is 0 Å². The number of benzene rings is 2. The van der Waals surface area contributed by atoms with Crippen molar-refractivity contribution in [3.05, 3.63) is 77.4 Å². The maximum atomic E-state index is 13.8. The predicted octanol–water partition coefficient (Wildman–Crippen LogP) is 7.24. The first-order valence-corrected chi connectivity index (χ1v) is 12.3. The van der Waals surface area contributed by atoms with E-state index in [9.17, 15) is 26.3 Å². The van der Waals surface area contributed by atoms with E-state index < -0.39 is 23.5 Å². The molecule has 1 aromatic heterocycles. The van der Waals surface area contributed by atoms with Crippen LogP contribution in [0.15, 0.2) is 59.3 Å². The number of nitrogens with zero attached hydrogens (tertiary/aromatic N) is 3. The molecule has 6 nitrogen and oxygen atoms in total. The minimum Gasteiger partial charge on any atom is -0.516 e. The number of aryl methyl sites for hydroxylation is 1. The molecule has 1 aliphatic rings. The quantitative estimate of drug-likeness (QED) is 0.171. The number of likely N-dealkylation sites (tertiary alicyclic amines) is 1. The van der Waals surface area contributed by atoms with Gasteiger partial charge in [-0.25, -0.2) is 0 Å². The number of unbranched alkanes of at least 4 members (excludes halogenated alkanes) is 1. The smallest absolute Gasteiger partial charge is 0.419 e. The number of ether oxygens (including phenoxy) is 1. The standard InChI is InChI=1S/C27H27F6N3O3/c1-36-13-11-18(12-14-37)23(36)25-34-24(35-39-25)19-7-10-22(21(16-19)27(31,32)33)38-15-3-2-4-17-5-8-20(9-6-17)26(28,29)30/h5-10,12,14,16,18,23,37H,2-4,11,13,15H2,1H3/b14-12+/t18?,23-/m0/s1. The molecule has 2 aromatic carbocycles. The molecule has 4 rings (SSSR count). The van der Waals surface area contributed by atoms with Gasteiger partial charge < -0.3 is 14.4 Å². The summed E-state index contributed by atoms with van der Waals surface area (Å²) >= 11 is 0. The zero-order valence-electron chi connectivity index (χ0n) is 21.0. The number of halogens is 6. The van der Waals surface area contributed by atoms with E-state index in [4.69, 9.17) is 14.4 Å². The van der Waals surface area contributed by atoms with E-state index in [-0.39, 0.29) is 41.6 Å². The van der Waals surface area contributed by atoms with Gasteiger partial charge in [0.1, 0.15) is 5.75 Å². The van der Waals surface area contributed by atoms with Gasteiger partial charge in [-0.15, -0.1) is 0 Å². The van der Waals surface area contributed by atoms with E-state index in [2.05, 4.69) is 10.1 Å². The number of aliphatic hydroxyl groups is 1. The Balaban J connectivity index is 1.39. The van der Waals surface area contributed by atoms with Gasteiger partial charge in [0.2, 0.25) is 11.7 Å². The fourth-order valence-electron chi connectivity index (χ4n) is 4.62. The molecule has 1 fully saturated rings. The highest BCUT2D eigenvalue weighted by atomic mass is 19.4. The van der Waals surface area contributed by atoms with Crippen molar-refractivity contribution in [1.29, 1.82) is 0 Å². The molecule has 0 aliphatic carbocycles. The van der Waals surface area contributed by atoms with Crippen LogP contribution < -0.4 is 4.74 Å². The normalized spacial score (nSPS) is 18.7. The molecule has 210 valence electrons. The molecule has 1 N–H and O–H groups in total. The second-order valence-electron chi connectivity index (χ2n) is 9.38. The van der Waals surface area contributed by atoms with Crippen molar-refractivity contribution in [2.24, 2.45) is 5.92 Å². The van der Waals surface area contributed by atoms with Crippen molar-refractivity contribution in [2.45, 2.75) is 44.1 Å². The molecule has 1 unspecified atom stereocenters. The SMILES string of the molecule is CN1CCC(/C=C/O)[C@H]1c1nc(-c2ccc(OCCCCc3ccc(C(F)(F)F)cc3)c(C(F)(F)F)c2)no1. The summed E-state index contributed by atoms with van der Waals surface area (Å²) in [6, 6.07) is 8.03. The Kier molecular flexibility index (Phi) is 8.53. The Morgan fingerprint density at radius 3 is 2.46 bits per heavy atom. The van der Waals surface area contributed by atoms with Gasteiger partial charge in [-0.2, -0.15) is 31.3 Å². The summed E-state index contributed by atoms with van der Waals surface area (Å²) in [5, 5.41) is 13.0. The summed E-state index contributed by atoms with van der Waals surface area (Å²) in [5.74, 6) is -0.164. The molecule has 39 heavy (non-hydrogen) atoms. The van der Waals surface area contributed by atoms with Crippen molar-refractivity contribution in [3.63, 3.8) is 0 Å². The third-order valence-corrected chi connectivity index (χ3v) is 6.67. The Morgan fingerprint density at radius 2 is 1.79 bits per heavy atom. The van der Waals surface area contributed by atoms with Crippen LogP contribution in [-0.4, -0.2) is 40.3 Å². The number of aliphatic hydroxyl groups excluding tert-OH is 1. The molecule has 2 heterocycles. The first kappa shape index (κ1) is 28.5. The average Bonchev–Trinajstić information content (AvgIpc) is 3.50. The lowest BCUT2D eigenvalue weighted by molar-refractivity contribution is -0.139. The first-order valence-electron chi connectivity index (χ1n) is 12.3. The summed E-state index contributed by atoms with van der Waals surface area (Å²) in [6.45, 7) is 0.731. The van der Waals surface area contributed by atoms with E-state index in [0.29, 0.717) is 24.8 Å². The Bertz CT molecular complexity index is 1270. The van der Waals surface area contributed by atoms with Crippen molar-refractivity contribution >= 4 is 0 Å². The third kappa shape index (κ3) is 6.92. The minimum atomic E-state index is -4.69. The molecule has 1 aliphatic heterocycles. The third-order valence-electron chi connectivity index (χ3n) is 6.67. The summed E-state index contributed by atoms with van der Waals surface area (Å²) in [5.41, 5.74) is -0.899. The number of aromatic nitrogens is 2. The second-order valence-corrected chi connectivity index (χ2v) is 9.38. The molecule has 1 saturated heterocycles. The van der Waals surface area contributed by atoms with Crippen molar-refractivity contribution in [3.8, 4) is 17.1 Å². The number of rotatable bonds is 9. The molecule has 12 heteroatoms. The summed E-state index contributed by atoms with van der Waals surface area (Å²) < 4.78 is 90.3. The zero-order valence-corrected chi connectivity index (χ0v) is 21.0. The van der Waals surface area contributed by atoms with Gasteiger partial charge in [0.05, 0.1) is 30.0 Å². The minimum absolute atomic E-state index is 0.00317. The molecular weight excluding hydrogens is 528 g/mol. The fourth-order valence-corrected chi connectivity index (χ4v) is 4.62. The van der Waals surface area contributed by atoms with Gasteiger partial charge in [-0.3, -0.25) is 4.90 Å². The zero-order chi connectivity index (χ0) is 28.2. The van der Waals surface area contributed by atoms with Crippen LogP contribution in [0.4, 0.5) is 26.3 Å². The number of alkyl halides is 6. The molecule has 0 amide bonds. The van der Waals surface area contributed by atoms with Gasteiger partial charge in [0, 0.05) is 11.5 Å².